The van der Waals surface area contributed by atoms with E-state index in [0.29, 0.717) is 12.6 Å². The SMILES string of the molecule is CCNC(=NCc1ccc(CS(=O)(=O)NC)cc1)NC(C)C. The van der Waals surface area contributed by atoms with E-state index < -0.39 is 10.0 Å². The van der Waals surface area contributed by atoms with Crippen LogP contribution in [0.15, 0.2) is 29.3 Å². The average molecular weight is 326 g/mol. The Kier molecular flexibility index (Phi) is 7.34. The van der Waals surface area contributed by atoms with E-state index in [1.807, 2.05) is 31.2 Å². The molecule has 0 aliphatic carbocycles. The summed E-state index contributed by atoms with van der Waals surface area (Å²) in [4.78, 5) is 4.51. The van der Waals surface area contributed by atoms with Crippen LogP contribution < -0.4 is 15.4 Å². The van der Waals surface area contributed by atoms with Gasteiger partial charge in [0.2, 0.25) is 10.0 Å². The van der Waals surface area contributed by atoms with Gasteiger partial charge < -0.3 is 10.6 Å². The molecule has 0 spiro atoms. The van der Waals surface area contributed by atoms with E-state index in [2.05, 4.69) is 34.2 Å². The lowest BCUT2D eigenvalue weighted by atomic mass is 10.1. The molecule has 0 bridgehead atoms. The molecule has 22 heavy (non-hydrogen) atoms. The summed E-state index contributed by atoms with van der Waals surface area (Å²) in [5.74, 6) is 0.768. The highest BCUT2D eigenvalue weighted by Crippen LogP contribution is 2.08. The van der Waals surface area contributed by atoms with Crippen LogP contribution in [0.5, 0.6) is 0 Å². The van der Waals surface area contributed by atoms with Gasteiger partial charge in [0.15, 0.2) is 5.96 Å². The van der Waals surface area contributed by atoms with Gasteiger partial charge in [-0.25, -0.2) is 18.1 Å². The number of aliphatic imine (C=N–C) groups is 1. The van der Waals surface area contributed by atoms with Crippen LogP contribution in [-0.4, -0.2) is 34.0 Å². The van der Waals surface area contributed by atoms with Gasteiger partial charge in [-0.1, -0.05) is 24.3 Å². The Balaban J connectivity index is 2.70. The van der Waals surface area contributed by atoms with Crippen molar-refractivity contribution in [2.24, 2.45) is 4.99 Å². The van der Waals surface area contributed by atoms with Crippen LogP contribution in [0.4, 0.5) is 0 Å². The maximum atomic E-state index is 11.5. The number of nitrogens with zero attached hydrogens (tertiary/aromatic N) is 1. The number of hydrogen-bond donors (Lipinski definition) is 3. The maximum Gasteiger partial charge on any atom is 0.215 e. The van der Waals surface area contributed by atoms with Crippen molar-refractivity contribution in [3.05, 3.63) is 35.4 Å². The third-order valence-corrected chi connectivity index (χ3v) is 4.22. The van der Waals surface area contributed by atoms with Gasteiger partial charge in [-0.2, -0.15) is 0 Å². The minimum atomic E-state index is -3.23. The van der Waals surface area contributed by atoms with Gasteiger partial charge in [-0.3, -0.25) is 0 Å². The smallest absolute Gasteiger partial charge is 0.215 e. The van der Waals surface area contributed by atoms with E-state index in [0.717, 1.165) is 23.6 Å². The number of benzene rings is 1. The van der Waals surface area contributed by atoms with Gasteiger partial charge in [-0.15, -0.1) is 0 Å². The highest BCUT2D eigenvalue weighted by Gasteiger charge is 2.08. The number of sulfonamides is 1. The van der Waals surface area contributed by atoms with Crippen molar-refractivity contribution < 1.29 is 8.42 Å². The molecule has 1 rings (SSSR count). The summed E-state index contributed by atoms with van der Waals surface area (Å²) >= 11 is 0. The van der Waals surface area contributed by atoms with Crippen molar-refractivity contribution >= 4 is 16.0 Å². The monoisotopic (exact) mass is 326 g/mol. The number of guanidine groups is 1. The van der Waals surface area contributed by atoms with Crippen LogP contribution in [0.2, 0.25) is 0 Å². The first-order valence-corrected chi connectivity index (χ1v) is 9.05. The van der Waals surface area contributed by atoms with Crippen molar-refractivity contribution in [2.75, 3.05) is 13.6 Å². The van der Waals surface area contributed by atoms with Gasteiger partial charge in [0, 0.05) is 12.6 Å². The predicted octanol–water partition coefficient (Wildman–Crippen LogP) is 1.20. The number of nitrogens with one attached hydrogen (secondary N) is 3. The van der Waals surface area contributed by atoms with Crippen LogP contribution >= 0.6 is 0 Å². The summed E-state index contributed by atoms with van der Waals surface area (Å²) in [5, 5.41) is 6.44. The minimum Gasteiger partial charge on any atom is -0.357 e. The molecule has 0 aliphatic rings. The summed E-state index contributed by atoms with van der Waals surface area (Å²) in [5.41, 5.74) is 1.79. The molecule has 6 nitrogen and oxygen atoms in total. The van der Waals surface area contributed by atoms with Gasteiger partial charge in [0.1, 0.15) is 0 Å². The third-order valence-electron chi connectivity index (χ3n) is 2.88. The fraction of sp³-hybridized carbons (Fsp3) is 0.533. The van der Waals surface area contributed by atoms with Crippen molar-refractivity contribution in [3.8, 4) is 0 Å². The minimum absolute atomic E-state index is 0.00933. The lowest BCUT2D eigenvalue weighted by Crippen LogP contribution is -2.40. The van der Waals surface area contributed by atoms with Crippen LogP contribution in [0.3, 0.4) is 0 Å². The van der Waals surface area contributed by atoms with E-state index in [1.165, 1.54) is 7.05 Å². The third kappa shape index (κ3) is 6.91. The first kappa shape index (κ1) is 18.4. The Labute approximate surface area is 133 Å². The zero-order chi connectivity index (χ0) is 16.6. The van der Waals surface area contributed by atoms with E-state index in [-0.39, 0.29) is 5.75 Å². The highest BCUT2D eigenvalue weighted by molar-refractivity contribution is 7.88. The Morgan fingerprint density at radius 2 is 1.77 bits per heavy atom. The summed E-state index contributed by atoms with van der Waals surface area (Å²) in [6.45, 7) is 7.49. The Morgan fingerprint density at radius 1 is 1.18 bits per heavy atom. The second kappa shape index (κ2) is 8.75. The standard InChI is InChI=1S/C15H26N4O2S/c1-5-17-15(19-12(2)3)18-10-13-6-8-14(9-7-13)11-22(20,21)16-4/h6-9,12,16H,5,10-11H2,1-4H3,(H2,17,18,19). The van der Waals surface area contributed by atoms with Gasteiger partial charge in [0.05, 0.1) is 12.3 Å². The molecule has 1 aromatic rings. The molecular weight excluding hydrogens is 300 g/mol. The molecule has 1 aromatic carbocycles. The number of hydrogen-bond acceptors (Lipinski definition) is 3. The van der Waals surface area contributed by atoms with Crippen LogP contribution in [-0.2, 0) is 22.3 Å². The van der Waals surface area contributed by atoms with E-state index in [9.17, 15) is 8.42 Å². The molecule has 0 saturated carbocycles. The van der Waals surface area contributed by atoms with E-state index in [4.69, 9.17) is 0 Å². The number of rotatable bonds is 7. The van der Waals surface area contributed by atoms with Gasteiger partial charge >= 0.3 is 0 Å². The highest BCUT2D eigenvalue weighted by atomic mass is 32.2. The topological polar surface area (TPSA) is 82.6 Å². The van der Waals surface area contributed by atoms with Crippen molar-refractivity contribution in [1.29, 1.82) is 0 Å². The zero-order valence-electron chi connectivity index (χ0n) is 13.7. The molecule has 0 saturated heterocycles. The molecule has 7 heteroatoms. The Morgan fingerprint density at radius 3 is 2.27 bits per heavy atom. The maximum absolute atomic E-state index is 11.5. The molecule has 0 atom stereocenters. The summed E-state index contributed by atoms with van der Waals surface area (Å²) in [6.07, 6.45) is 0. The lowest BCUT2D eigenvalue weighted by molar-refractivity contribution is 0.587. The summed E-state index contributed by atoms with van der Waals surface area (Å²) < 4.78 is 25.3. The molecule has 0 aromatic heterocycles. The van der Waals surface area contributed by atoms with Crippen LogP contribution in [0.1, 0.15) is 31.9 Å². The molecule has 124 valence electrons. The fourth-order valence-corrected chi connectivity index (χ4v) is 2.57. The Bertz CT molecular complexity index is 580. The fourth-order valence-electron chi connectivity index (χ4n) is 1.80. The van der Waals surface area contributed by atoms with Crippen LogP contribution in [0.25, 0.3) is 0 Å². The molecule has 0 heterocycles. The molecule has 3 N–H and O–H groups in total. The van der Waals surface area contributed by atoms with Crippen LogP contribution in [0, 0.1) is 0 Å². The molecule has 0 unspecified atom stereocenters. The summed E-state index contributed by atoms with van der Waals surface area (Å²) in [6, 6.07) is 7.77. The Hall–Kier alpha value is -1.60. The quantitative estimate of drug-likeness (QED) is 0.519. The van der Waals surface area contributed by atoms with E-state index in [1.54, 1.807) is 0 Å². The molecule has 0 amide bonds. The van der Waals surface area contributed by atoms with Crippen molar-refractivity contribution in [3.63, 3.8) is 0 Å². The molecular formula is C15H26N4O2S. The molecule has 0 aliphatic heterocycles. The second-order valence-corrected chi connectivity index (χ2v) is 7.20. The first-order valence-electron chi connectivity index (χ1n) is 7.40. The zero-order valence-corrected chi connectivity index (χ0v) is 14.5. The first-order chi connectivity index (χ1) is 10.4. The van der Waals surface area contributed by atoms with E-state index >= 15 is 0 Å². The van der Waals surface area contributed by atoms with Gasteiger partial charge in [-0.05, 0) is 38.9 Å². The van der Waals surface area contributed by atoms with Crippen molar-refractivity contribution in [2.45, 2.75) is 39.1 Å². The van der Waals surface area contributed by atoms with Gasteiger partial charge in [0.25, 0.3) is 0 Å². The van der Waals surface area contributed by atoms with Crippen molar-refractivity contribution in [1.82, 2.24) is 15.4 Å². The largest absolute Gasteiger partial charge is 0.357 e. The molecule has 0 fully saturated rings. The second-order valence-electron chi connectivity index (χ2n) is 5.27. The summed E-state index contributed by atoms with van der Waals surface area (Å²) in [7, 11) is -1.81. The average Bonchev–Trinajstić information content (AvgIpc) is 2.45. The molecule has 0 radical (unpaired) electrons. The predicted molar refractivity (Wildman–Crippen MR) is 91.2 cm³/mol. The normalized spacial score (nSPS) is 12.5. The lowest BCUT2D eigenvalue weighted by Gasteiger charge is -2.14.